The minimum absolute atomic E-state index is 0.0891. The van der Waals surface area contributed by atoms with Crippen molar-refractivity contribution in [2.24, 2.45) is 0 Å². The highest BCUT2D eigenvalue weighted by atomic mass is 32.2. The number of hydrogen-bond donors (Lipinski definition) is 1. The van der Waals surface area contributed by atoms with Gasteiger partial charge in [0.25, 0.3) is 0 Å². The summed E-state index contributed by atoms with van der Waals surface area (Å²) in [4.78, 5) is 11.8. The third-order valence-corrected chi connectivity index (χ3v) is 4.44. The molecule has 0 radical (unpaired) electrons. The number of ether oxygens (including phenoxy) is 2. The Labute approximate surface area is 118 Å². The summed E-state index contributed by atoms with van der Waals surface area (Å²) in [7, 11) is -1.70. The van der Waals surface area contributed by atoms with Crippen LogP contribution in [0.1, 0.15) is 23.7 Å². The molecule has 0 spiro atoms. The van der Waals surface area contributed by atoms with Crippen LogP contribution < -0.4 is 10.5 Å². The molecule has 1 aromatic carbocycles. The highest BCUT2D eigenvalue weighted by molar-refractivity contribution is 7.91. The number of carbonyl (C=O) groups is 1. The van der Waals surface area contributed by atoms with Gasteiger partial charge in [0.1, 0.15) is 12.4 Å². The van der Waals surface area contributed by atoms with E-state index in [-0.39, 0.29) is 29.4 Å². The molecule has 0 aliphatic heterocycles. The summed E-state index contributed by atoms with van der Waals surface area (Å²) < 4.78 is 32.9. The first-order valence-corrected chi connectivity index (χ1v) is 8.03. The van der Waals surface area contributed by atoms with Crippen LogP contribution in [0.2, 0.25) is 0 Å². The number of anilines is 1. The van der Waals surface area contributed by atoms with Gasteiger partial charge in [-0.2, -0.15) is 0 Å². The van der Waals surface area contributed by atoms with Gasteiger partial charge in [0.15, 0.2) is 9.84 Å². The number of nitrogens with two attached hydrogens (primary N) is 1. The Hall–Kier alpha value is -1.76. The molecule has 0 amide bonds. The van der Waals surface area contributed by atoms with E-state index in [2.05, 4.69) is 0 Å². The van der Waals surface area contributed by atoms with Crippen molar-refractivity contribution in [3.63, 3.8) is 0 Å². The second-order valence-electron chi connectivity index (χ2n) is 4.24. The van der Waals surface area contributed by atoms with E-state index in [9.17, 15) is 13.2 Å². The molecule has 0 aliphatic carbocycles. The summed E-state index contributed by atoms with van der Waals surface area (Å²) in [6.45, 7) is 1.60. The second kappa shape index (κ2) is 7.14. The van der Waals surface area contributed by atoms with E-state index in [0.717, 1.165) is 0 Å². The number of carbonyl (C=O) groups excluding carboxylic acids is 1. The predicted octanol–water partition coefficient (Wildman–Crippen LogP) is 1.26. The third kappa shape index (κ3) is 4.73. The Bertz CT molecular complexity index is 568. The fraction of sp³-hybridized carbons (Fsp3) is 0.462. The van der Waals surface area contributed by atoms with E-state index >= 15 is 0 Å². The zero-order chi connectivity index (χ0) is 15.2. The first-order chi connectivity index (χ1) is 9.39. The normalized spacial score (nSPS) is 11.1. The second-order valence-corrected chi connectivity index (χ2v) is 6.54. The number of benzene rings is 1. The molecule has 0 aliphatic rings. The summed E-state index contributed by atoms with van der Waals surface area (Å²) in [5.74, 6) is -0.277. The van der Waals surface area contributed by atoms with E-state index in [4.69, 9.17) is 15.2 Å². The van der Waals surface area contributed by atoms with Crippen LogP contribution in [0.25, 0.3) is 0 Å². The summed E-state index contributed by atoms with van der Waals surface area (Å²) in [6.07, 6.45) is 0.541. The Balaban J connectivity index is 2.64. The monoisotopic (exact) mass is 301 g/mol. The summed E-state index contributed by atoms with van der Waals surface area (Å²) in [5, 5.41) is 0. The van der Waals surface area contributed by atoms with E-state index in [1.54, 1.807) is 13.0 Å². The van der Waals surface area contributed by atoms with Crippen molar-refractivity contribution in [3.05, 3.63) is 23.8 Å². The molecule has 7 heteroatoms. The molecule has 0 unspecified atom stereocenters. The van der Waals surface area contributed by atoms with Gasteiger partial charge in [0, 0.05) is 5.69 Å². The summed E-state index contributed by atoms with van der Waals surface area (Å²) in [6, 6.07) is 4.61. The third-order valence-electron chi connectivity index (χ3n) is 2.62. The van der Waals surface area contributed by atoms with Crippen LogP contribution in [-0.2, 0) is 14.6 Å². The smallest absolute Gasteiger partial charge is 0.340 e. The minimum atomic E-state index is -3.17. The number of esters is 1. The molecule has 0 saturated heterocycles. The molecule has 0 aromatic heterocycles. The van der Waals surface area contributed by atoms with Crippen LogP contribution in [0.15, 0.2) is 18.2 Å². The zero-order valence-electron chi connectivity index (χ0n) is 11.6. The lowest BCUT2D eigenvalue weighted by atomic mass is 10.2. The van der Waals surface area contributed by atoms with E-state index in [1.807, 2.05) is 0 Å². The lowest BCUT2D eigenvalue weighted by molar-refractivity contribution is 0.0530. The largest absolute Gasteiger partial charge is 0.497 e. The minimum Gasteiger partial charge on any atom is -0.497 e. The SMILES string of the molecule is CCCS(=O)(=O)CCOC(=O)c1cc(OC)ccc1N. The molecule has 0 bridgehead atoms. The van der Waals surface area contributed by atoms with Crippen LogP contribution in [0.3, 0.4) is 0 Å². The van der Waals surface area contributed by atoms with Crippen LogP contribution in [0.4, 0.5) is 5.69 Å². The van der Waals surface area contributed by atoms with Crippen molar-refractivity contribution in [2.75, 3.05) is 31.0 Å². The quantitative estimate of drug-likeness (QED) is 0.601. The molecule has 0 fully saturated rings. The van der Waals surface area contributed by atoms with Gasteiger partial charge in [-0.25, -0.2) is 13.2 Å². The Morgan fingerprint density at radius 3 is 2.60 bits per heavy atom. The van der Waals surface area contributed by atoms with Crippen molar-refractivity contribution in [1.29, 1.82) is 0 Å². The van der Waals surface area contributed by atoms with Crippen molar-refractivity contribution in [2.45, 2.75) is 13.3 Å². The number of rotatable bonds is 7. The average Bonchev–Trinajstić information content (AvgIpc) is 2.38. The van der Waals surface area contributed by atoms with Gasteiger partial charge in [0.2, 0.25) is 0 Å². The van der Waals surface area contributed by atoms with Crippen LogP contribution in [0.5, 0.6) is 5.75 Å². The molecule has 0 saturated carbocycles. The fourth-order valence-corrected chi connectivity index (χ4v) is 2.75. The van der Waals surface area contributed by atoms with E-state index < -0.39 is 15.8 Å². The number of nitrogen functional groups attached to an aromatic ring is 1. The van der Waals surface area contributed by atoms with Crippen molar-refractivity contribution in [1.82, 2.24) is 0 Å². The maximum Gasteiger partial charge on any atom is 0.340 e. The Morgan fingerprint density at radius 2 is 2.00 bits per heavy atom. The molecular formula is C13H19NO5S. The highest BCUT2D eigenvalue weighted by Crippen LogP contribution is 2.20. The van der Waals surface area contributed by atoms with E-state index in [0.29, 0.717) is 12.2 Å². The van der Waals surface area contributed by atoms with Gasteiger partial charge >= 0.3 is 5.97 Å². The molecule has 6 nitrogen and oxygen atoms in total. The van der Waals surface area contributed by atoms with Gasteiger partial charge < -0.3 is 15.2 Å². The number of methoxy groups -OCH3 is 1. The standard InChI is InChI=1S/C13H19NO5S/c1-3-7-20(16,17)8-6-19-13(15)11-9-10(18-2)4-5-12(11)14/h4-5,9H,3,6-8,14H2,1-2H3. The van der Waals surface area contributed by atoms with Gasteiger partial charge in [-0.1, -0.05) is 6.92 Å². The van der Waals surface area contributed by atoms with Gasteiger partial charge in [-0.3, -0.25) is 0 Å². The van der Waals surface area contributed by atoms with Gasteiger partial charge in [-0.05, 0) is 24.6 Å². The maximum absolute atomic E-state index is 11.8. The average molecular weight is 301 g/mol. The van der Waals surface area contributed by atoms with Crippen LogP contribution in [-0.4, -0.2) is 39.6 Å². The lowest BCUT2D eigenvalue weighted by Gasteiger charge is -2.09. The lowest BCUT2D eigenvalue weighted by Crippen LogP contribution is -2.18. The molecule has 2 N–H and O–H groups in total. The molecule has 112 valence electrons. The zero-order valence-corrected chi connectivity index (χ0v) is 12.4. The van der Waals surface area contributed by atoms with Gasteiger partial charge in [0.05, 0.1) is 24.2 Å². The first-order valence-electron chi connectivity index (χ1n) is 6.20. The maximum atomic E-state index is 11.8. The van der Waals surface area contributed by atoms with Crippen molar-refractivity contribution >= 4 is 21.5 Å². The van der Waals surface area contributed by atoms with Crippen molar-refractivity contribution < 1.29 is 22.7 Å². The molecule has 20 heavy (non-hydrogen) atoms. The summed E-state index contributed by atoms with van der Waals surface area (Å²) >= 11 is 0. The summed E-state index contributed by atoms with van der Waals surface area (Å²) in [5.41, 5.74) is 6.10. The molecule has 1 aromatic rings. The predicted molar refractivity (Wildman–Crippen MR) is 76.6 cm³/mol. The molecule has 1 rings (SSSR count). The molecule has 0 atom stereocenters. The van der Waals surface area contributed by atoms with Crippen LogP contribution in [0, 0.1) is 0 Å². The van der Waals surface area contributed by atoms with E-state index in [1.165, 1.54) is 19.2 Å². The highest BCUT2D eigenvalue weighted by Gasteiger charge is 2.15. The fourth-order valence-electron chi connectivity index (χ4n) is 1.59. The topological polar surface area (TPSA) is 95.7 Å². The number of sulfone groups is 1. The Morgan fingerprint density at radius 1 is 1.30 bits per heavy atom. The first kappa shape index (κ1) is 16.3. The van der Waals surface area contributed by atoms with Gasteiger partial charge in [-0.15, -0.1) is 0 Å². The van der Waals surface area contributed by atoms with Crippen molar-refractivity contribution in [3.8, 4) is 5.75 Å². The van der Waals surface area contributed by atoms with Crippen LogP contribution >= 0.6 is 0 Å². The Kier molecular flexibility index (Phi) is 5.82. The molecular weight excluding hydrogens is 282 g/mol. The number of hydrogen-bond acceptors (Lipinski definition) is 6. The molecule has 0 heterocycles.